The summed E-state index contributed by atoms with van der Waals surface area (Å²) >= 11 is 3.29. The third-order valence-electron chi connectivity index (χ3n) is 2.76. The molecule has 0 aliphatic carbocycles. The number of pyridine rings is 1. The first kappa shape index (κ1) is 15.5. The molecule has 0 saturated heterocycles. The topological polar surface area (TPSA) is 42.0 Å². The van der Waals surface area contributed by atoms with Gasteiger partial charge in [0.25, 0.3) is 5.91 Å². The number of benzene rings is 1. The molecule has 110 valence electrons. The van der Waals surface area contributed by atoms with Crippen LogP contribution in [0.4, 0.5) is 18.9 Å². The summed E-state index contributed by atoms with van der Waals surface area (Å²) in [6.45, 7) is 1.81. The van der Waals surface area contributed by atoms with Crippen LogP contribution in [0, 0.1) is 6.92 Å². The lowest BCUT2D eigenvalue weighted by molar-refractivity contribution is -0.141. The molecule has 3 nitrogen and oxygen atoms in total. The van der Waals surface area contributed by atoms with Crippen molar-refractivity contribution in [2.24, 2.45) is 0 Å². The van der Waals surface area contributed by atoms with Crippen LogP contribution in [0.15, 0.2) is 41.0 Å². The number of alkyl halides is 3. The number of aryl methyl sites for hydroxylation is 1. The number of aromatic nitrogens is 1. The maximum atomic E-state index is 12.4. The number of anilines is 1. The molecule has 1 heterocycles. The molecular formula is C14H10BrF3N2O. The zero-order chi connectivity index (χ0) is 15.6. The van der Waals surface area contributed by atoms with Crippen LogP contribution in [0.5, 0.6) is 0 Å². The van der Waals surface area contributed by atoms with E-state index in [1.54, 1.807) is 6.07 Å². The second-order valence-corrected chi connectivity index (χ2v) is 5.26. The van der Waals surface area contributed by atoms with Crippen LogP contribution in [0.25, 0.3) is 0 Å². The number of nitrogens with zero attached hydrogens (tertiary/aromatic N) is 1. The monoisotopic (exact) mass is 358 g/mol. The van der Waals surface area contributed by atoms with E-state index in [1.165, 1.54) is 0 Å². The molecule has 1 aromatic carbocycles. The molecule has 0 spiro atoms. The predicted molar refractivity (Wildman–Crippen MR) is 76.1 cm³/mol. The van der Waals surface area contributed by atoms with Crippen LogP contribution in [0.1, 0.15) is 21.6 Å². The van der Waals surface area contributed by atoms with Gasteiger partial charge in [0, 0.05) is 16.4 Å². The second-order valence-electron chi connectivity index (χ2n) is 4.34. The molecule has 0 bridgehead atoms. The molecule has 7 heteroatoms. The predicted octanol–water partition coefficient (Wildman–Crippen LogP) is 4.42. The number of nitrogens with one attached hydrogen (secondary N) is 1. The van der Waals surface area contributed by atoms with Gasteiger partial charge in [-0.2, -0.15) is 13.2 Å². The standard InChI is InChI=1S/C14H10BrF3N2O/c1-8-2-4-10(15)6-11(8)20-13(21)9-3-5-12(19-7-9)14(16,17)18/h2-7H,1H3,(H,20,21). The summed E-state index contributed by atoms with van der Waals surface area (Å²) in [5, 5.41) is 2.64. The first-order valence-corrected chi connectivity index (χ1v) is 6.67. The molecule has 0 radical (unpaired) electrons. The van der Waals surface area contributed by atoms with Gasteiger partial charge in [0.1, 0.15) is 5.69 Å². The Hall–Kier alpha value is -1.89. The molecule has 0 aliphatic heterocycles. The Morgan fingerprint density at radius 3 is 2.52 bits per heavy atom. The van der Waals surface area contributed by atoms with Crippen molar-refractivity contribution in [1.29, 1.82) is 0 Å². The minimum Gasteiger partial charge on any atom is -0.322 e. The highest BCUT2D eigenvalue weighted by Crippen LogP contribution is 2.27. The molecule has 0 saturated carbocycles. The minimum atomic E-state index is -4.52. The number of carbonyl (C=O) groups excluding carboxylic acids is 1. The molecule has 0 unspecified atom stereocenters. The number of amides is 1. The van der Waals surface area contributed by atoms with E-state index < -0.39 is 17.8 Å². The normalized spacial score (nSPS) is 11.3. The van der Waals surface area contributed by atoms with Crippen molar-refractivity contribution in [2.75, 3.05) is 5.32 Å². The van der Waals surface area contributed by atoms with Crippen LogP contribution in [-0.4, -0.2) is 10.9 Å². The highest BCUT2D eigenvalue weighted by Gasteiger charge is 2.32. The van der Waals surface area contributed by atoms with Crippen molar-refractivity contribution >= 4 is 27.5 Å². The van der Waals surface area contributed by atoms with Crippen molar-refractivity contribution < 1.29 is 18.0 Å². The fraction of sp³-hybridized carbons (Fsp3) is 0.143. The molecular weight excluding hydrogens is 349 g/mol. The Bertz CT molecular complexity index is 669. The van der Waals surface area contributed by atoms with Gasteiger partial charge in [-0.15, -0.1) is 0 Å². The van der Waals surface area contributed by atoms with Gasteiger partial charge in [0.15, 0.2) is 0 Å². The van der Waals surface area contributed by atoms with Gasteiger partial charge in [0.2, 0.25) is 0 Å². The molecule has 0 atom stereocenters. The first-order chi connectivity index (χ1) is 9.77. The van der Waals surface area contributed by atoms with Crippen molar-refractivity contribution in [2.45, 2.75) is 13.1 Å². The van der Waals surface area contributed by atoms with E-state index in [0.29, 0.717) is 5.69 Å². The highest BCUT2D eigenvalue weighted by molar-refractivity contribution is 9.10. The smallest absolute Gasteiger partial charge is 0.322 e. The molecule has 1 N–H and O–H groups in total. The fourth-order valence-corrected chi connectivity index (χ4v) is 1.98. The summed E-state index contributed by atoms with van der Waals surface area (Å²) in [4.78, 5) is 15.2. The maximum Gasteiger partial charge on any atom is 0.433 e. The van der Waals surface area contributed by atoms with Crippen molar-refractivity contribution in [3.63, 3.8) is 0 Å². The highest BCUT2D eigenvalue weighted by atomic mass is 79.9. The van der Waals surface area contributed by atoms with E-state index in [2.05, 4.69) is 26.2 Å². The summed E-state index contributed by atoms with van der Waals surface area (Å²) in [6, 6.07) is 7.22. The zero-order valence-electron chi connectivity index (χ0n) is 10.8. The van der Waals surface area contributed by atoms with Crippen LogP contribution >= 0.6 is 15.9 Å². The molecule has 1 amide bonds. The maximum absolute atomic E-state index is 12.4. The van der Waals surface area contributed by atoms with E-state index in [1.807, 2.05) is 19.1 Å². The fourth-order valence-electron chi connectivity index (χ4n) is 1.62. The summed E-state index contributed by atoms with van der Waals surface area (Å²) in [6.07, 6.45) is -3.61. The van der Waals surface area contributed by atoms with Crippen LogP contribution in [-0.2, 0) is 6.18 Å². The number of rotatable bonds is 2. The zero-order valence-corrected chi connectivity index (χ0v) is 12.4. The van der Waals surface area contributed by atoms with Gasteiger partial charge in [0.05, 0.1) is 5.56 Å². The number of hydrogen-bond donors (Lipinski definition) is 1. The Labute approximate surface area is 127 Å². The largest absolute Gasteiger partial charge is 0.433 e. The third-order valence-corrected chi connectivity index (χ3v) is 3.26. The molecule has 21 heavy (non-hydrogen) atoms. The summed E-state index contributed by atoms with van der Waals surface area (Å²) in [5.74, 6) is -0.516. The number of hydrogen-bond acceptors (Lipinski definition) is 2. The molecule has 2 aromatic rings. The van der Waals surface area contributed by atoms with Gasteiger partial charge in [-0.3, -0.25) is 9.78 Å². The number of carbonyl (C=O) groups is 1. The van der Waals surface area contributed by atoms with Crippen molar-refractivity contribution in [1.82, 2.24) is 4.98 Å². The van der Waals surface area contributed by atoms with Crippen LogP contribution in [0.3, 0.4) is 0 Å². The lowest BCUT2D eigenvalue weighted by Crippen LogP contribution is -2.14. The molecule has 2 rings (SSSR count). The molecule has 0 aliphatic rings. The van der Waals surface area contributed by atoms with Gasteiger partial charge >= 0.3 is 6.18 Å². The van der Waals surface area contributed by atoms with Gasteiger partial charge < -0.3 is 5.32 Å². The van der Waals surface area contributed by atoms with Gasteiger partial charge in [-0.1, -0.05) is 22.0 Å². The summed E-state index contributed by atoms with van der Waals surface area (Å²) in [5.41, 5.74) is 0.445. The molecule has 1 aromatic heterocycles. The third kappa shape index (κ3) is 3.81. The Morgan fingerprint density at radius 1 is 1.24 bits per heavy atom. The molecule has 0 fully saturated rings. The Kier molecular flexibility index (Phi) is 4.32. The second kappa shape index (κ2) is 5.85. The summed E-state index contributed by atoms with van der Waals surface area (Å²) < 4.78 is 38.0. The minimum absolute atomic E-state index is 0.0578. The van der Waals surface area contributed by atoms with Crippen LogP contribution in [0.2, 0.25) is 0 Å². The van der Waals surface area contributed by atoms with Gasteiger partial charge in [-0.25, -0.2) is 0 Å². The van der Waals surface area contributed by atoms with Crippen molar-refractivity contribution in [3.05, 3.63) is 57.8 Å². The van der Waals surface area contributed by atoms with E-state index >= 15 is 0 Å². The van der Waals surface area contributed by atoms with E-state index in [-0.39, 0.29) is 5.56 Å². The van der Waals surface area contributed by atoms with E-state index in [4.69, 9.17) is 0 Å². The average Bonchev–Trinajstić information content (AvgIpc) is 2.42. The Balaban J connectivity index is 2.19. The van der Waals surface area contributed by atoms with Crippen LogP contribution < -0.4 is 5.32 Å². The number of halogens is 4. The van der Waals surface area contributed by atoms with Gasteiger partial charge in [-0.05, 0) is 36.8 Å². The SMILES string of the molecule is Cc1ccc(Br)cc1NC(=O)c1ccc(C(F)(F)F)nc1. The Morgan fingerprint density at radius 2 is 1.95 bits per heavy atom. The van der Waals surface area contributed by atoms with E-state index in [0.717, 1.165) is 28.4 Å². The lowest BCUT2D eigenvalue weighted by Gasteiger charge is -2.10. The van der Waals surface area contributed by atoms with Crippen molar-refractivity contribution in [3.8, 4) is 0 Å². The summed E-state index contributed by atoms with van der Waals surface area (Å²) in [7, 11) is 0. The van der Waals surface area contributed by atoms with E-state index in [9.17, 15) is 18.0 Å². The lowest BCUT2D eigenvalue weighted by atomic mass is 10.2. The average molecular weight is 359 g/mol. The first-order valence-electron chi connectivity index (χ1n) is 5.88. The quantitative estimate of drug-likeness (QED) is 0.862.